The molecule has 0 radical (unpaired) electrons. The first-order valence-electron chi connectivity index (χ1n) is 7.19. The third-order valence-electron chi connectivity index (χ3n) is 3.50. The van der Waals surface area contributed by atoms with E-state index in [4.69, 9.17) is 0 Å². The van der Waals surface area contributed by atoms with Gasteiger partial charge in [-0.3, -0.25) is 14.9 Å². The van der Waals surface area contributed by atoms with E-state index >= 15 is 0 Å². The van der Waals surface area contributed by atoms with Gasteiger partial charge in [0.05, 0.1) is 10.6 Å². The summed E-state index contributed by atoms with van der Waals surface area (Å²) in [5, 5.41) is 13.9. The summed E-state index contributed by atoms with van der Waals surface area (Å²) in [7, 11) is 1.71. The van der Waals surface area contributed by atoms with Gasteiger partial charge in [-0.15, -0.1) is 0 Å². The third-order valence-corrected chi connectivity index (χ3v) is 3.50. The van der Waals surface area contributed by atoms with E-state index < -0.39 is 4.92 Å². The fourth-order valence-electron chi connectivity index (χ4n) is 2.27. The van der Waals surface area contributed by atoms with Crippen LogP contribution in [0.3, 0.4) is 0 Å². The molecular weight excluding hydrogens is 282 g/mol. The lowest BCUT2D eigenvalue weighted by Crippen LogP contribution is -2.26. The summed E-state index contributed by atoms with van der Waals surface area (Å²) in [5.41, 5.74) is 2.20. The Morgan fingerprint density at radius 1 is 1.18 bits per heavy atom. The molecule has 0 saturated heterocycles. The number of hydrogen-bond donors (Lipinski definition) is 1. The zero-order valence-electron chi connectivity index (χ0n) is 12.7. The summed E-state index contributed by atoms with van der Waals surface area (Å²) < 4.78 is 1.57. The first-order valence-corrected chi connectivity index (χ1v) is 7.19. The lowest BCUT2D eigenvalue weighted by Gasteiger charge is -2.11. The molecule has 6 heteroatoms. The maximum absolute atomic E-state index is 12.3. The number of pyridine rings is 1. The van der Waals surface area contributed by atoms with Crippen molar-refractivity contribution in [3.05, 3.63) is 62.4 Å². The fraction of sp³-hybridized carbons (Fsp3) is 0.312. The SMILES string of the molecule is CCCNCc1ccc(-c2ccc([N+](=O)[O-])cc2)n(C)c1=O. The van der Waals surface area contributed by atoms with E-state index in [0.29, 0.717) is 12.1 Å². The molecule has 0 spiro atoms. The lowest BCUT2D eigenvalue weighted by molar-refractivity contribution is -0.384. The van der Waals surface area contributed by atoms with Crippen molar-refractivity contribution in [3.63, 3.8) is 0 Å². The Labute approximate surface area is 128 Å². The number of rotatable bonds is 6. The number of non-ortho nitro benzene ring substituents is 1. The molecule has 0 unspecified atom stereocenters. The standard InChI is InChI=1S/C16H19N3O3/c1-3-10-17-11-13-6-9-15(18(2)16(13)20)12-4-7-14(8-5-12)19(21)22/h4-9,17H,3,10-11H2,1-2H3. The maximum atomic E-state index is 12.3. The second kappa shape index (κ2) is 7.00. The van der Waals surface area contributed by atoms with Gasteiger partial charge in [0.2, 0.25) is 0 Å². The van der Waals surface area contributed by atoms with Gasteiger partial charge in [-0.1, -0.05) is 13.0 Å². The lowest BCUT2D eigenvalue weighted by atomic mass is 10.1. The normalized spacial score (nSPS) is 10.6. The van der Waals surface area contributed by atoms with Crippen molar-refractivity contribution in [1.29, 1.82) is 0 Å². The van der Waals surface area contributed by atoms with E-state index in [0.717, 1.165) is 24.2 Å². The van der Waals surface area contributed by atoms with Gasteiger partial charge in [-0.05, 0) is 36.7 Å². The monoisotopic (exact) mass is 301 g/mol. The Morgan fingerprint density at radius 2 is 1.86 bits per heavy atom. The Morgan fingerprint density at radius 3 is 2.45 bits per heavy atom. The molecule has 0 atom stereocenters. The highest BCUT2D eigenvalue weighted by Gasteiger charge is 2.09. The molecule has 0 saturated carbocycles. The van der Waals surface area contributed by atoms with Crippen LogP contribution in [-0.4, -0.2) is 16.0 Å². The van der Waals surface area contributed by atoms with Crippen LogP contribution in [0.25, 0.3) is 11.3 Å². The number of nitro benzene ring substituents is 1. The summed E-state index contributed by atoms with van der Waals surface area (Å²) in [6.07, 6.45) is 1.02. The molecule has 0 fully saturated rings. The molecule has 0 amide bonds. The van der Waals surface area contributed by atoms with Gasteiger partial charge in [0.25, 0.3) is 11.2 Å². The van der Waals surface area contributed by atoms with Gasteiger partial charge in [0.1, 0.15) is 0 Å². The molecule has 116 valence electrons. The first-order chi connectivity index (χ1) is 10.5. The summed E-state index contributed by atoms with van der Waals surface area (Å²) in [6.45, 7) is 3.48. The van der Waals surface area contributed by atoms with Crippen molar-refractivity contribution in [3.8, 4) is 11.3 Å². The van der Waals surface area contributed by atoms with Crippen LogP contribution < -0.4 is 10.9 Å². The van der Waals surface area contributed by atoms with Gasteiger partial charge >= 0.3 is 0 Å². The fourth-order valence-corrected chi connectivity index (χ4v) is 2.27. The first kappa shape index (κ1) is 15.9. The van der Waals surface area contributed by atoms with Crippen LogP contribution >= 0.6 is 0 Å². The van der Waals surface area contributed by atoms with Crippen LogP contribution in [0.2, 0.25) is 0 Å². The predicted molar refractivity (Wildman–Crippen MR) is 85.8 cm³/mol. The molecule has 1 aromatic carbocycles. The molecule has 2 rings (SSSR count). The Bertz CT molecular complexity index is 720. The number of nitrogens with zero attached hydrogens (tertiary/aromatic N) is 2. The largest absolute Gasteiger partial charge is 0.312 e. The van der Waals surface area contributed by atoms with Crippen molar-refractivity contribution in [2.24, 2.45) is 7.05 Å². The highest BCUT2D eigenvalue weighted by atomic mass is 16.6. The molecule has 0 aliphatic rings. The molecule has 1 aromatic heterocycles. The molecule has 1 N–H and O–H groups in total. The quantitative estimate of drug-likeness (QED) is 0.505. The molecule has 0 aliphatic heterocycles. The van der Waals surface area contributed by atoms with Crippen molar-refractivity contribution < 1.29 is 4.92 Å². The van der Waals surface area contributed by atoms with Crippen molar-refractivity contribution >= 4 is 5.69 Å². The van der Waals surface area contributed by atoms with Crippen LogP contribution in [0.15, 0.2) is 41.2 Å². The number of nitrogens with one attached hydrogen (secondary N) is 1. The van der Waals surface area contributed by atoms with E-state index in [-0.39, 0.29) is 11.2 Å². The third kappa shape index (κ3) is 3.40. The van der Waals surface area contributed by atoms with Crippen LogP contribution in [0.1, 0.15) is 18.9 Å². The molecule has 0 aliphatic carbocycles. The highest BCUT2D eigenvalue weighted by molar-refractivity contribution is 5.61. The van der Waals surface area contributed by atoms with E-state index in [1.807, 2.05) is 12.1 Å². The van der Waals surface area contributed by atoms with Gasteiger partial charge in [0.15, 0.2) is 0 Å². The average Bonchev–Trinajstić information content (AvgIpc) is 2.52. The molecule has 1 heterocycles. The number of benzene rings is 1. The molecular formula is C16H19N3O3. The summed E-state index contributed by atoms with van der Waals surface area (Å²) >= 11 is 0. The van der Waals surface area contributed by atoms with Gasteiger partial charge in [-0.25, -0.2) is 0 Å². The minimum Gasteiger partial charge on any atom is -0.312 e. The van der Waals surface area contributed by atoms with Crippen molar-refractivity contribution in [1.82, 2.24) is 9.88 Å². The van der Waals surface area contributed by atoms with Gasteiger partial charge in [0, 0.05) is 31.3 Å². The predicted octanol–water partition coefficient (Wildman–Crippen LogP) is 2.46. The molecule has 22 heavy (non-hydrogen) atoms. The highest BCUT2D eigenvalue weighted by Crippen LogP contribution is 2.21. The van der Waals surface area contributed by atoms with E-state index in [1.54, 1.807) is 23.7 Å². The van der Waals surface area contributed by atoms with E-state index in [9.17, 15) is 14.9 Å². The Kier molecular flexibility index (Phi) is 5.06. The molecule has 2 aromatic rings. The molecule has 0 bridgehead atoms. The van der Waals surface area contributed by atoms with Crippen LogP contribution in [-0.2, 0) is 13.6 Å². The molecule has 6 nitrogen and oxygen atoms in total. The Balaban J connectivity index is 2.30. The smallest absolute Gasteiger partial charge is 0.269 e. The average molecular weight is 301 g/mol. The number of nitro groups is 1. The zero-order chi connectivity index (χ0) is 16.1. The van der Waals surface area contributed by atoms with Gasteiger partial charge < -0.3 is 9.88 Å². The summed E-state index contributed by atoms with van der Waals surface area (Å²) in [5.74, 6) is 0. The minimum atomic E-state index is -0.439. The van der Waals surface area contributed by atoms with Crippen LogP contribution in [0.5, 0.6) is 0 Å². The number of aromatic nitrogens is 1. The Hall–Kier alpha value is -2.47. The summed E-state index contributed by atoms with van der Waals surface area (Å²) in [6, 6.07) is 9.87. The zero-order valence-corrected chi connectivity index (χ0v) is 12.7. The van der Waals surface area contributed by atoms with Crippen LogP contribution in [0, 0.1) is 10.1 Å². The summed E-state index contributed by atoms with van der Waals surface area (Å²) in [4.78, 5) is 22.6. The maximum Gasteiger partial charge on any atom is 0.269 e. The number of hydrogen-bond acceptors (Lipinski definition) is 4. The minimum absolute atomic E-state index is 0.0362. The second-order valence-corrected chi connectivity index (χ2v) is 5.09. The van der Waals surface area contributed by atoms with E-state index in [1.165, 1.54) is 12.1 Å². The topological polar surface area (TPSA) is 77.2 Å². The van der Waals surface area contributed by atoms with Gasteiger partial charge in [-0.2, -0.15) is 0 Å². The van der Waals surface area contributed by atoms with Crippen LogP contribution in [0.4, 0.5) is 5.69 Å². The van der Waals surface area contributed by atoms with Crippen molar-refractivity contribution in [2.45, 2.75) is 19.9 Å². The van der Waals surface area contributed by atoms with E-state index in [2.05, 4.69) is 12.2 Å². The van der Waals surface area contributed by atoms with Crippen molar-refractivity contribution in [2.75, 3.05) is 6.54 Å². The second-order valence-electron chi connectivity index (χ2n) is 5.09.